The summed E-state index contributed by atoms with van der Waals surface area (Å²) in [7, 11) is 0. The van der Waals surface area contributed by atoms with E-state index in [0.29, 0.717) is 13.0 Å². The predicted octanol–water partition coefficient (Wildman–Crippen LogP) is 1.40. The number of piperidine rings is 1. The van der Waals surface area contributed by atoms with Gasteiger partial charge in [-0.25, -0.2) is 4.79 Å². The van der Waals surface area contributed by atoms with E-state index in [4.69, 9.17) is 5.11 Å². The van der Waals surface area contributed by atoms with Crippen LogP contribution in [0.2, 0.25) is 0 Å². The average molecular weight is 263 g/mol. The van der Waals surface area contributed by atoms with Crippen molar-refractivity contribution in [3.63, 3.8) is 0 Å². The van der Waals surface area contributed by atoms with Crippen LogP contribution in [0.3, 0.4) is 0 Å². The second-order valence-electron chi connectivity index (χ2n) is 4.78. The highest BCUT2D eigenvalue weighted by Gasteiger charge is 2.31. The monoisotopic (exact) mass is 263 g/mol. The number of amides is 1. The third-order valence-electron chi connectivity index (χ3n) is 3.40. The number of phenols is 1. The van der Waals surface area contributed by atoms with E-state index in [9.17, 15) is 14.7 Å². The van der Waals surface area contributed by atoms with Gasteiger partial charge in [0.2, 0.25) is 5.91 Å². The predicted molar refractivity (Wildman–Crippen MR) is 68.8 cm³/mol. The lowest BCUT2D eigenvalue weighted by molar-refractivity contribution is -0.151. The van der Waals surface area contributed by atoms with E-state index in [0.717, 1.165) is 18.4 Å². The SMILES string of the molecule is O=C(O)C1CCCCN1C(=O)Cc1ccc(O)cc1. The number of nitrogens with zero attached hydrogens (tertiary/aromatic N) is 1. The number of carbonyl (C=O) groups is 2. The van der Waals surface area contributed by atoms with Gasteiger partial charge in [-0.1, -0.05) is 12.1 Å². The number of carbonyl (C=O) groups excluding carboxylic acids is 1. The Bertz CT molecular complexity index is 469. The van der Waals surface area contributed by atoms with Gasteiger partial charge in [-0.3, -0.25) is 4.79 Å². The first-order chi connectivity index (χ1) is 9.08. The molecule has 1 aliphatic heterocycles. The number of benzene rings is 1. The zero-order valence-electron chi connectivity index (χ0n) is 10.6. The fraction of sp³-hybridized carbons (Fsp3) is 0.429. The summed E-state index contributed by atoms with van der Waals surface area (Å²) < 4.78 is 0. The molecule has 0 aliphatic carbocycles. The molecule has 1 fully saturated rings. The second kappa shape index (κ2) is 5.73. The molecule has 0 saturated carbocycles. The first-order valence-corrected chi connectivity index (χ1v) is 6.38. The van der Waals surface area contributed by atoms with Crippen LogP contribution in [0.25, 0.3) is 0 Å². The van der Waals surface area contributed by atoms with Crippen molar-refractivity contribution in [3.05, 3.63) is 29.8 Å². The fourth-order valence-electron chi connectivity index (χ4n) is 2.38. The van der Waals surface area contributed by atoms with Crippen LogP contribution >= 0.6 is 0 Å². The van der Waals surface area contributed by atoms with Crippen LogP contribution in [0.15, 0.2) is 24.3 Å². The Labute approximate surface area is 111 Å². The minimum Gasteiger partial charge on any atom is -0.508 e. The summed E-state index contributed by atoms with van der Waals surface area (Å²) in [6.07, 6.45) is 2.39. The van der Waals surface area contributed by atoms with Gasteiger partial charge in [0.05, 0.1) is 6.42 Å². The smallest absolute Gasteiger partial charge is 0.326 e. The number of hydrogen-bond acceptors (Lipinski definition) is 3. The van der Waals surface area contributed by atoms with Crippen molar-refractivity contribution in [3.8, 4) is 5.75 Å². The molecule has 1 amide bonds. The average Bonchev–Trinajstić information content (AvgIpc) is 2.41. The molecule has 1 heterocycles. The van der Waals surface area contributed by atoms with Gasteiger partial charge in [0.25, 0.3) is 0 Å². The van der Waals surface area contributed by atoms with E-state index >= 15 is 0 Å². The Morgan fingerprint density at radius 2 is 1.89 bits per heavy atom. The van der Waals surface area contributed by atoms with E-state index in [2.05, 4.69) is 0 Å². The molecule has 2 rings (SSSR count). The molecule has 0 aromatic heterocycles. The summed E-state index contributed by atoms with van der Waals surface area (Å²) >= 11 is 0. The molecule has 0 bridgehead atoms. The van der Waals surface area contributed by atoms with E-state index in [1.807, 2.05) is 0 Å². The highest BCUT2D eigenvalue weighted by atomic mass is 16.4. The third-order valence-corrected chi connectivity index (χ3v) is 3.40. The molecule has 5 nitrogen and oxygen atoms in total. The number of hydrogen-bond donors (Lipinski definition) is 2. The van der Waals surface area contributed by atoms with Gasteiger partial charge in [0.1, 0.15) is 11.8 Å². The Morgan fingerprint density at radius 3 is 2.53 bits per heavy atom. The first-order valence-electron chi connectivity index (χ1n) is 6.38. The Kier molecular flexibility index (Phi) is 4.04. The van der Waals surface area contributed by atoms with E-state index in [-0.39, 0.29) is 18.1 Å². The maximum absolute atomic E-state index is 12.2. The summed E-state index contributed by atoms with van der Waals surface area (Å²) in [4.78, 5) is 24.8. The van der Waals surface area contributed by atoms with Gasteiger partial charge in [-0.15, -0.1) is 0 Å². The molecule has 0 radical (unpaired) electrons. The van der Waals surface area contributed by atoms with Crippen LogP contribution in [0.1, 0.15) is 24.8 Å². The normalized spacial score (nSPS) is 19.2. The highest BCUT2D eigenvalue weighted by molar-refractivity contribution is 5.85. The molecule has 2 N–H and O–H groups in total. The van der Waals surface area contributed by atoms with Crippen LogP contribution in [0.4, 0.5) is 0 Å². The van der Waals surface area contributed by atoms with Crippen molar-refractivity contribution in [2.45, 2.75) is 31.7 Å². The molecule has 1 aliphatic rings. The maximum Gasteiger partial charge on any atom is 0.326 e. The second-order valence-corrected chi connectivity index (χ2v) is 4.78. The largest absolute Gasteiger partial charge is 0.508 e. The Hall–Kier alpha value is -2.04. The van der Waals surface area contributed by atoms with Crippen molar-refractivity contribution < 1.29 is 19.8 Å². The molecule has 1 aromatic carbocycles. The summed E-state index contributed by atoms with van der Waals surface area (Å²) in [5, 5.41) is 18.3. The third kappa shape index (κ3) is 3.24. The van der Waals surface area contributed by atoms with E-state index < -0.39 is 12.0 Å². The zero-order chi connectivity index (χ0) is 13.8. The van der Waals surface area contributed by atoms with Crippen LogP contribution in [-0.4, -0.2) is 39.6 Å². The molecule has 102 valence electrons. The number of carboxylic acid groups (broad SMARTS) is 1. The van der Waals surface area contributed by atoms with Crippen LogP contribution in [-0.2, 0) is 16.0 Å². The number of phenolic OH excluding ortho intramolecular Hbond substituents is 1. The summed E-state index contributed by atoms with van der Waals surface area (Å²) in [6.45, 7) is 0.508. The molecule has 5 heteroatoms. The summed E-state index contributed by atoms with van der Waals surface area (Å²) in [5.74, 6) is -0.950. The topological polar surface area (TPSA) is 77.8 Å². The molecule has 19 heavy (non-hydrogen) atoms. The van der Waals surface area contributed by atoms with Gasteiger partial charge < -0.3 is 15.1 Å². The van der Waals surface area contributed by atoms with Gasteiger partial charge in [-0.2, -0.15) is 0 Å². The van der Waals surface area contributed by atoms with Crippen molar-refractivity contribution in [2.75, 3.05) is 6.54 Å². The van der Waals surface area contributed by atoms with E-state index in [1.165, 1.54) is 17.0 Å². The fourth-order valence-corrected chi connectivity index (χ4v) is 2.38. The molecule has 1 atom stereocenters. The zero-order valence-corrected chi connectivity index (χ0v) is 10.6. The van der Waals surface area contributed by atoms with Crippen LogP contribution in [0.5, 0.6) is 5.75 Å². The summed E-state index contributed by atoms with van der Waals surface area (Å²) in [5.41, 5.74) is 0.775. The van der Waals surface area contributed by atoms with Gasteiger partial charge >= 0.3 is 5.97 Å². The number of rotatable bonds is 3. The standard InChI is InChI=1S/C14H17NO4/c16-11-6-4-10(5-7-11)9-13(17)15-8-2-1-3-12(15)14(18)19/h4-7,12,16H,1-3,8-9H2,(H,18,19). The van der Waals surface area contributed by atoms with Gasteiger partial charge in [0, 0.05) is 6.54 Å². The molecule has 1 aromatic rings. The highest BCUT2D eigenvalue weighted by Crippen LogP contribution is 2.19. The number of likely N-dealkylation sites (tertiary alicyclic amines) is 1. The van der Waals surface area contributed by atoms with Crippen molar-refractivity contribution in [1.29, 1.82) is 0 Å². The van der Waals surface area contributed by atoms with Crippen molar-refractivity contribution in [1.82, 2.24) is 4.90 Å². The minimum absolute atomic E-state index is 0.151. The quantitative estimate of drug-likeness (QED) is 0.864. The molecule has 1 unspecified atom stereocenters. The minimum atomic E-state index is -0.932. The Morgan fingerprint density at radius 1 is 1.21 bits per heavy atom. The number of aromatic hydroxyl groups is 1. The van der Waals surface area contributed by atoms with Gasteiger partial charge in [0.15, 0.2) is 0 Å². The van der Waals surface area contributed by atoms with E-state index in [1.54, 1.807) is 12.1 Å². The molecule has 1 saturated heterocycles. The van der Waals surface area contributed by atoms with Crippen LogP contribution < -0.4 is 0 Å². The lowest BCUT2D eigenvalue weighted by Gasteiger charge is -2.33. The summed E-state index contributed by atoms with van der Waals surface area (Å²) in [6, 6.07) is 5.69. The molecular formula is C14H17NO4. The van der Waals surface area contributed by atoms with Gasteiger partial charge in [-0.05, 0) is 37.0 Å². The first kappa shape index (κ1) is 13.4. The van der Waals surface area contributed by atoms with Crippen LogP contribution in [0, 0.1) is 0 Å². The maximum atomic E-state index is 12.2. The molecular weight excluding hydrogens is 246 g/mol. The lowest BCUT2D eigenvalue weighted by Crippen LogP contribution is -2.48. The van der Waals surface area contributed by atoms with Crippen molar-refractivity contribution >= 4 is 11.9 Å². The lowest BCUT2D eigenvalue weighted by atomic mass is 10.0. The number of aliphatic carboxylic acids is 1. The Balaban J connectivity index is 2.05. The van der Waals surface area contributed by atoms with Crippen molar-refractivity contribution in [2.24, 2.45) is 0 Å². The molecule has 0 spiro atoms. The number of carboxylic acids is 1.